The lowest BCUT2D eigenvalue weighted by atomic mass is 9.95. The van der Waals surface area contributed by atoms with E-state index < -0.39 is 0 Å². The maximum atomic E-state index is 6.28. The highest BCUT2D eigenvalue weighted by molar-refractivity contribution is 6.33. The van der Waals surface area contributed by atoms with E-state index in [0.29, 0.717) is 5.92 Å². The predicted octanol–water partition coefficient (Wildman–Crippen LogP) is 5.60. The fourth-order valence-electron chi connectivity index (χ4n) is 3.24. The van der Waals surface area contributed by atoms with Gasteiger partial charge in [-0.05, 0) is 62.0 Å². The lowest BCUT2D eigenvalue weighted by Crippen LogP contribution is -2.21. The predicted molar refractivity (Wildman–Crippen MR) is 95.6 cm³/mol. The quantitative estimate of drug-likeness (QED) is 0.695. The molecule has 1 atom stereocenters. The summed E-state index contributed by atoms with van der Waals surface area (Å²) in [6.07, 6.45) is 3.99. The van der Waals surface area contributed by atoms with Crippen molar-refractivity contribution in [2.75, 3.05) is 19.6 Å². The van der Waals surface area contributed by atoms with Crippen molar-refractivity contribution >= 4 is 11.6 Å². The highest BCUT2D eigenvalue weighted by atomic mass is 35.5. The molecule has 0 amide bonds. The minimum absolute atomic E-state index is 0.612. The Morgan fingerprint density at radius 2 is 1.68 bits per heavy atom. The monoisotopic (exact) mass is 313 g/mol. The van der Waals surface area contributed by atoms with E-state index in [-0.39, 0.29) is 0 Å². The molecule has 1 aliphatic rings. The maximum Gasteiger partial charge on any atom is 0.0484 e. The van der Waals surface area contributed by atoms with E-state index in [9.17, 15) is 0 Å². The number of likely N-dealkylation sites (tertiary alicyclic amines) is 1. The van der Waals surface area contributed by atoms with Crippen LogP contribution in [0.5, 0.6) is 0 Å². The Balaban J connectivity index is 1.64. The Morgan fingerprint density at radius 3 is 2.36 bits per heavy atom. The van der Waals surface area contributed by atoms with Gasteiger partial charge in [0.15, 0.2) is 0 Å². The minimum atomic E-state index is 0.612. The van der Waals surface area contributed by atoms with Gasteiger partial charge < -0.3 is 4.90 Å². The van der Waals surface area contributed by atoms with Crippen molar-refractivity contribution < 1.29 is 0 Å². The summed E-state index contributed by atoms with van der Waals surface area (Å²) in [5.74, 6) is 0.612. The van der Waals surface area contributed by atoms with Gasteiger partial charge in [-0.1, -0.05) is 61.0 Å². The molecule has 116 valence electrons. The largest absolute Gasteiger partial charge is 0.303 e. The number of hydrogen-bond acceptors (Lipinski definition) is 1. The lowest BCUT2D eigenvalue weighted by Gasteiger charge is -2.18. The zero-order chi connectivity index (χ0) is 15.4. The molecular weight excluding hydrogens is 290 g/mol. The van der Waals surface area contributed by atoms with Crippen LogP contribution in [0.15, 0.2) is 48.5 Å². The third kappa shape index (κ3) is 3.71. The molecule has 0 saturated carbocycles. The minimum Gasteiger partial charge on any atom is -0.303 e. The summed E-state index contributed by atoms with van der Waals surface area (Å²) in [5, 5.41) is 0.817. The summed E-state index contributed by atoms with van der Waals surface area (Å²) in [7, 11) is 0. The molecule has 2 aromatic rings. The number of benzene rings is 2. The van der Waals surface area contributed by atoms with Crippen molar-refractivity contribution in [3.8, 4) is 11.1 Å². The van der Waals surface area contributed by atoms with Crippen LogP contribution in [0.1, 0.15) is 37.7 Å². The molecule has 2 heteroatoms. The number of hydrogen-bond donors (Lipinski definition) is 0. The smallest absolute Gasteiger partial charge is 0.0484 e. The molecule has 1 fully saturated rings. The lowest BCUT2D eigenvalue weighted by molar-refractivity contribution is 0.324. The van der Waals surface area contributed by atoms with Crippen LogP contribution >= 0.6 is 11.6 Å². The van der Waals surface area contributed by atoms with Gasteiger partial charge in [0.2, 0.25) is 0 Å². The van der Waals surface area contributed by atoms with Crippen molar-refractivity contribution in [1.82, 2.24) is 4.90 Å². The molecule has 0 aromatic heterocycles. The van der Waals surface area contributed by atoms with Crippen molar-refractivity contribution in [1.29, 1.82) is 0 Å². The van der Waals surface area contributed by atoms with Crippen molar-refractivity contribution in [2.24, 2.45) is 0 Å². The van der Waals surface area contributed by atoms with Crippen LogP contribution in [0.25, 0.3) is 11.1 Å². The van der Waals surface area contributed by atoms with Crippen LogP contribution in [-0.2, 0) is 0 Å². The Bertz CT molecular complexity index is 599. The SMILES string of the molecule is CC(CCN1CCCC1)c1ccc(-c2ccccc2Cl)cc1. The molecule has 0 aliphatic carbocycles. The van der Waals surface area contributed by atoms with E-state index in [1.165, 1.54) is 50.0 Å². The van der Waals surface area contributed by atoms with Crippen LogP contribution in [0.3, 0.4) is 0 Å². The molecule has 1 nitrogen and oxygen atoms in total. The normalized spacial score (nSPS) is 16.8. The van der Waals surface area contributed by atoms with Gasteiger partial charge in [-0.2, -0.15) is 0 Å². The van der Waals surface area contributed by atoms with Gasteiger partial charge in [-0.15, -0.1) is 0 Å². The van der Waals surface area contributed by atoms with Gasteiger partial charge in [0.1, 0.15) is 0 Å². The maximum absolute atomic E-state index is 6.28. The standard InChI is InChI=1S/C20H24ClN/c1-16(12-15-22-13-4-5-14-22)17-8-10-18(11-9-17)19-6-2-3-7-20(19)21/h2-3,6-11,16H,4-5,12-15H2,1H3. The van der Waals surface area contributed by atoms with E-state index in [4.69, 9.17) is 11.6 Å². The van der Waals surface area contributed by atoms with Gasteiger partial charge >= 0.3 is 0 Å². The number of rotatable bonds is 5. The molecule has 2 aromatic carbocycles. The average molecular weight is 314 g/mol. The van der Waals surface area contributed by atoms with E-state index >= 15 is 0 Å². The third-order valence-corrected chi connectivity index (χ3v) is 5.07. The molecule has 0 radical (unpaired) electrons. The second-order valence-corrected chi connectivity index (χ2v) is 6.75. The first-order valence-electron chi connectivity index (χ1n) is 8.31. The topological polar surface area (TPSA) is 3.24 Å². The van der Waals surface area contributed by atoms with Gasteiger partial charge in [-0.3, -0.25) is 0 Å². The fraction of sp³-hybridized carbons (Fsp3) is 0.400. The number of halogens is 1. The molecule has 1 saturated heterocycles. The van der Waals surface area contributed by atoms with Crippen LogP contribution in [0.4, 0.5) is 0 Å². The second kappa shape index (κ2) is 7.30. The first-order chi connectivity index (χ1) is 10.7. The molecule has 1 heterocycles. The highest BCUT2D eigenvalue weighted by Crippen LogP contribution is 2.29. The van der Waals surface area contributed by atoms with Gasteiger partial charge in [0, 0.05) is 10.6 Å². The van der Waals surface area contributed by atoms with E-state index in [1.807, 2.05) is 18.2 Å². The van der Waals surface area contributed by atoms with Crippen LogP contribution in [0.2, 0.25) is 5.02 Å². The molecule has 22 heavy (non-hydrogen) atoms. The average Bonchev–Trinajstić information content (AvgIpc) is 3.07. The molecule has 1 aliphatic heterocycles. The summed E-state index contributed by atoms with van der Waals surface area (Å²) in [6.45, 7) is 6.14. The first-order valence-corrected chi connectivity index (χ1v) is 8.69. The number of nitrogens with zero attached hydrogens (tertiary/aromatic N) is 1. The first kappa shape index (κ1) is 15.6. The van der Waals surface area contributed by atoms with Crippen LogP contribution in [-0.4, -0.2) is 24.5 Å². The highest BCUT2D eigenvalue weighted by Gasteiger charge is 2.13. The molecule has 1 unspecified atom stereocenters. The Hall–Kier alpha value is -1.31. The summed E-state index contributed by atoms with van der Waals surface area (Å²) >= 11 is 6.28. The Morgan fingerprint density at radius 1 is 1.00 bits per heavy atom. The van der Waals surface area contributed by atoms with Crippen molar-refractivity contribution in [2.45, 2.75) is 32.1 Å². The molecule has 0 spiro atoms. The summed E-state index contributed by atoms with van der Waals surface area (Å²) in [6, 6.07) is 16.9. The Labute approximate surface area is 138 Å². The molecule has 0 bridgehead atoms. The zero-order valence-corrected chi connectivity index (χ0v) is 14.0. The zero-order valence-electron chi connectivity index (χ0n) is 13.3. The summed E-state index contributed by atoms with van der Waals surface area (Å²) in [4.78, 5) is 2.59. The van der Waals surface area contributed by atoms with Gasteiger partial charge in [-0.25, -0.2) is 0 Å². The van der Waals surface area contributed by atoms with Gasteiger partial charge in [0.25, 0.3) is 0 Å². The summed E-state index contributed by atoms with van der Waals surface area (Å²) in [5.41, 5.74) is 3.73. The fourth-order valence-corrected chi connectivity index (χ4v) is 3.48. The second-order valence-electron chi connectivity index (χ2n) is 6.34. The van der Waals surface area contributed by atoms with Crippen molar-refractivity contribution in [3.05, 3.63) is 59.1 Å². The van der Waals surface area contributed by atoms with Gasteiger partial charge in [0.05, 0.1) is 0 Å². The van der Waals surface area contributed by atoms with E-state index in [2.05, 4.69) is 42.2 Å². The van der Waals surface area contributed by atoms with E-state index in [0.717, 1.165) is 10.6 Å². The Kier molecular flexibility index (Phi) is 5.17. The van der Waals surface area contributed by atoms with E-state index in [1.54, 1.807) is 0 Å². The third-order valence-electron chi connectivity index (χ3n) is 4.74. The van der Waals surface area contributed by atoms with Crippen LogP contribution in [0, 0.1) is 0 Å². The van der Waals surface area contributed by atoms with Crippen molar-refractivity contribution in [3.63, 3.8) is 0 Å². The molecule has 0 N–H and O–H groups in total. The van der Waals surface area contributed by atoms with Crippen LogP contribution < -0.4 is 0 Å². The molecule has 3 rings (SSSR count). The summed E-state index contributed by atoms with van der Waals surface area (Å²) < 4.78 is 0. The molecular formula is C20H24ClN.